The molecule has 1 amide bonds. The molecule has 0 aliphatic carbocycles. The van der Waals surface area contributed by atoms with E-state index >= 15 is 0 Å². The fourth-order valence-electron chi connectivity index (χ4n) is 1.92. The number of carboxylic acids is 1. The first kappa shape index (κ1) is 16.6. The summed E-state index contributed by atoms with van der Waals surface area (Å²) in [7, 11) is 4.45. The van der Waals surface area contributed by atoms with Gasteiger partial charge in [0.2, 0.25) is 5.91 Å². The summed E-state index contributed by atoms with van der Waals surface area (Å²) in [6.07, 6.45) is 0.0679. The van der Waals surface area contributed by atoms with Crippen molar-refractivity contribution in [1.82, 2.24) is 5.32 Å². The van der Waals surface area contributed by atoms with E-state index in [1.807, 2.05) is 0 Å². The van der Waals surface area contributed by atoms with Gasteiger partial charge in [-0.05, 0) is 6.07 Å². The second-order valence-electron chi connectivity index (χ2n) is 4.31. The number of nitrogens with one attached hydrogen (secondary N) is 1. The lowest BCUT2D eigenvalue weighted by molar-refractivity contribution is -0.141. The van der Waals surface area contributed by atoms with E-state index in [0.717, 1.165) is 0 Å². The van der Waals surface area contributed by atoms with E-state index in [1.54, 1.807) is 12.1 Å². The average Bonchev–Trinajstić information content (AvgIpc) is 2.45. The molecule has 0 fully saturated rings. The van der Waals surface area contributed by atoms with Gasteiger partial charge in [0.1, 0.15) is 11.8 Å². The maximum Gasteiger partial charge on any atom is 0.326 e. The van der Waals surface area contributed by atoms with Gasteiger partial charge in [0, 0.05) is 25.0 Å². The second-order valence-corrected chi connectivity index (χ2v) is 4.31. The number of benzene rings is 1. The van der Waals surface area contributed by atoms with Gasteiger partial charge in [-0.25, -0.2) is 4.79 Å². The molecule has 0 aliphatic rings. The van der Waals surface area contributed by atoms with Crippen LogP contribution in [0.15, 0.2) is 12.1 Å². The molecule has 7 heteroatoms. The number of carbonyl (C=O) groups is 2. The van der Waals surface area contributed by atoms with Gasteiger partial charge in [-0.3, -0.25) is 4.79 Å². The zero-order valence-electron chi connectivity index (χ0n) is 12.4. The fourth-order valence-corrected chi connectivity index (χ4v) is 1.92. The first-order valence-electron chi connectivity index (χ1n) is 6.21. The topological polar surface area (TPSA) is 94.1 Å². The molecule has 1 unspecified atom stereocenters. The Balaban J connectivity index is 3.15. The van der Waals surface area contributed by atoms with Crippen LogP contribution in [0.5, 0.6) is 17.2 Å². The van der Waals surface area contributed by atoms with Crippen molar-refractivity contribution >= 4 is 11.9 Å². The van der Waals surface area contributed by atoms with Crippen molar-refractivity contribution in [3.63, 3.8) is 0 Å². The van der Waals surface area contributed by atoms with Crippen LogP contribution in [-0.2, 0) is 16.0 Å². The summed E-state index contributed by atoms with van der Waals surface area (Å²) < 4.78 is 15.6. The molecule has 0 radical (unpaired) electrons. The molecule has 0 bridgehead atoms. The maximum atomic E-state index is 11.2. The molecule has 0 saturated carbocycles. The van der Waals surface area contributed by atoms with Crippen LogP contribution in [0.2, 0.25) is 0 Å². The quantitative estimate of drug-likeness (QED) is 0.774. The highest BCUT2D eigenvalue weighted by molar-refractivity contribution is 5.82. The van der Waals surface area contributed by atoms with Gasteiger partial charge in [-0.1, -0.05) is 0 Å². The van der Waals surface area contributed by atoms with E-state index in [9.17, 15) is 9.59 Å². The Morgan fingerprint density at radius 3 is 2.05 bits per heavy atom. The lowest BCUT2D eigenvalue weighted by Crippen LogP contribution is -2.41. The molecule has 1 aromatic rings. The summed E-state index contributed by atoms with van der Waals surface area (Å²) in [6.45, 7) is 1.27. The normalized spacial score (nSPS) is 11.4. The number of amides is 1. The number of aliphatic carboxylic acids is 1. The monoisotopic (exact) mass is 297 g/mol. The molecular weight excluding hydrogens is 278 g/mol. The smallest absolute Gasteiger partial charge is 0.326 e. The van der Waals surface area contributed by atoms with E-state index in [0.29, 0.717) is 22.8 Å². The van der Waals surface area contributed by atoms with E-state index in [-0.39, 0.29) is 6.42 Å². The number of carbonyl (C=O) groups excluding carboxylic acids is 1. The summed E-state index contributed by atoms with van der Waals surface area (Å²) in [4.78, 5) is 22.3. The minimum absolute atomic E-state index is 0.0679. The van der Waals surface area contributed by atoms with Crippen molar-refractivity contribution in [2.45, 2.75) is 19.4 Å². The van der Waals surface area contributed by atoms with Crippen LogP contribution in [0.4, 0.5) is 0 Å². The zero-order chi connectivity index (χ0) is 16.0. The molecule has 0 spiro atoms. The van der Waals surface area contributed by atoms with Crippen LogP contribution >= 0.6 is 0 Å². The molecule has 0 heterocycles. The average molecular weight is 297 g/mol. The van der Waals surface area contributed by atoms with Gasteiger partial charge in [-0.15, -0.1) is 0 Å². The summed E-state index contributed by atoms with van der Waals surface area (Å²) >= 11 is 0. The van der Waals surface area contributed by atoms with Gasteiger partial charge in [0.05, 0.1) is 21.3 Å². The number of rotatable bonds is 7. The van der Waals surface area contributed by atoms with Crippen LogP contribution in [0.25, 0.3) is 0 Å². The second kappa shape index (κ2) is 7.37. The lowest BCUT2D eigenvalue weighted by atomic mass is 10.0. The third kappa shape index (κ3) is 4.27. The lowest BCUT2D eigenvalue weighted by Gasteiger charge is -2.17. The third-order valence-corrected chi connectivity index (χ3v) is 2.89. The van der Waals surface area contributed by atoms with Crippen molar-refractivity contribution < 1.29 is 28.9 Å². The van der Waals surface area contributed by atoms with Crippen molar-refractivity contribution in [2.75, 3.05) is 21.3 Å². The van der Waals surface area contributed by atoms with Crippen molar-refractivity contribution in [3.8, 4) is 17.2 Å². The van der Waals surface area contributed by atoms with Crippen LogP contribution in [0.3, 0.4) is 0 Å². The summed E-state index contributed by atoms with van der Waals surface area (Å²) in [6, 6.07) is 2.20. The standard InChI is InChI=1S/C14H19NO6/c1-8(16)15-10(14(17)18)5-9-6-12(20-3)13(21-4)7-11(9)19-2/h6-7,10H,5H2,1-4H3,(H,15,16)(H,17,18). The third-order valence-electron chi connectivity index (χ3n) is 2.89. The van der Waals surface area contributed by atoms with E-state index in [1.165, 1.54) is 28.3 Å². The first-order chi connectivity index (χ1) is 9.92. The molecule has 21 heavy (non-hydrogen) atoms. The summed E-state index contributed by atoms with van der Waals surface area (Å²) in [5.41, 5.74) is 0.594. The van der Waals surface area contributed by atoms with Crippen molar-refractivity contribution in [3.05, 3.63) is 17.7 Å². The molecule has 1 rings (SSSR count). The Morgan fingerprint density at radius 2 is 1.62 bits per heavy atom. The molecule has 7 nitrogen and oxygen atoms in total. The predicted molar refractivity (Wildman–Crippen MR) is 75.0 cm³/mol. The van der Waals surface area contributed by atoms with E-state index < -0.39 is 17.9 Å². The number of hydrogen-bond donors (Lipinski definition) is 2. The minimum atomic E-state index is -1.12. The minimum Gasteiger partial charge on any atom is -0.496 e. The van der Waals surface area contributed by atoms with Gasteiger partial charge in [-0.2, -0.15) is 0 Å². The molecule has 2 N–H and O–H groups in total. The number of ether oxygens (including phenoxy) is 3. The molecule has 0 aromatic heterocycles. The van der Waals surface area contributed by atoms with Crippen LogP contribution in [0.1, 0.15) is 12.5 Å². The molecule has 1 aromatic carbocycles. The Morgan fingerprint density at radius 1 is 1.10 bits per heavy atom. The summed E-state index contributed by atoms with van der Waals surface area (Å²) in [5, 5.41) is 11.5. The van der Waals surface area contributed by atoms with Gasteiger partial charge in [0.15, 0.2) is 11.5 Å². The van der Waals surface area contributed by atoms with Gasteiger partial charge >= 0.3 is 5.97 Å². The highest BCUT2D eigenvalue weighted by Gasteiger charge is 2.22. The Hall–Kier alpha value is -2.44. The first-order valence-corrected chi connectivity index (χ1v) is 6.21. The van der Waals surface area contributed by atoms with Crippen LogP contribution in [0, 0.1) is 0 Å². The number of methoxy groups -OCH3 is 3. The fraction of sp³-hybridized carbons (Fsp3) is 0.429. The molecule has 116 valence electrons. The highest BCUT2D eigenvalue weighted by atomic mass is 16.5. The number of hydrogen-bond acceptors (Lipinski definition) is 5. The van der Waals surface area contributed by atoms with E-state index in [4.69, 9.17) is 19.3 Å². The molecule has 0 saturated heterocycles. The predicted octanol–water partition coefficient (Wildman–Crippen LogP) is 0.844. The van der Waals surface area contributed by atoms with Gasteiger partial charge in [0.25, 0.3) is 0 Å². The Labute approximate surface area is 122 Å². The molecule has 0 aliphatic heterocycles. The zero-order valence-corrected chi connectivity index (χ0v) is 12.4. The SMILES string of the molecule is COc1cc(OC)c(OC)cc1CC(NC(C)=O)C(=O)O. The maximum absolute atomic E-state index is 11.2. The summed E-state index contributed by atoms with van der Waals surface area (Å²) in [5.74, 6) is -0.141. The van der Waals surface area contributed by atoms with Crippen LogP contribution in [-0.4, -0.2) is 44.4 Å². The molecular formula is C14H19NO6. The highest BCUT2D eigenvalue weighted by Crippen LogP contribution is 2.35. The van der Waals surface area contributed by atoms with Crippen LogP contribution < -0.4 is 19.5 Å². The Bertz CT molecular complexity index is 528. The van der Waals surface area contributed by atoms with Crippen molar-refractivity contribution in [2.24, 2.45) is 0 Å². The molecule has 1 atom stereocenters. The van der Waals surface area contributed by atoms with Gasteiger partial charge < -0.3 is 24.6 Å². The Kier molecular flexibility index (Phi) is 5.83. The largest absolute Gasteiger partial charge is 0.496 e. The number of carboxylic acid groups (broad SMARTS) is 1. The van der Waals surface area contributed by atoms with Crippen molar-refractivity contribution in [1.29, 1.82) is 0 Å². The van der Waals surface area contributed by atoms with E-state index in [2.05, 4.69) is 5.32 Å².